The van der Waals surface area contributed by atoms with Crippen molar-refractivity contribution >= 4 is 26.6 Å². The van der Waals surface area contributed by atoms with Crippen molar-refractivity contribution in [3.05, 3.63) is 54.7 Å². The molecular weight excluding hydrogens is 476 g/mol. The summed E-state index contributed by atoms with van der Waals surface area (Å²) in [5.74, 6) is 1.68. The highest BCUT2D eigenvalue weighted by molar-refractivity contribution is 7.89. The van der Waals surface area contributed by atoms with Gasteiger partial charge in [-0.05, 0) is 62.2 Å². The Balaban J connectivity index is 1.09. The van der Waals surface area contributed by atoms with Gasteiger partial charge in [-0.2, -0.15) is 4.31 Å². The number of para-hydroxylation sites is 1. The summed E-state index contributed by atoms with van der Waals surface area (Å²) in [6, 6.07) is 15.1. The predicted molar refractivity (Wildman–Crippen MR) is 139 cm³/mol. The Morgan fingerprint density at radius 3 is 2.64 bits per heavy atom. The van der Waals surface area contributed by atoms with E-state index in [1.54, 1.807) is 28.7 Å². The molecule has 0 saturated carbocycles. The molecule has 1 aromatic heterocycles. The first-order valence-corrected chi connectivity index (χ1v) is 14.3. The monoisotopic (exact) mass is 508 g/mol. The van der Waals surface area contributed by atoms with Crippen LogP contribution in [-0.2, 0) is 10.0 Å². The molecular formula is C27H32N4O4S. The standard InChI is InChI=1S/C27H32N4O4S/c32-36(33,26-10-1-7-23-22(26)6-3-12-28-23)31-13-4-5-21(31)11-14-29-15-17-30(18-16-29)24-8-2-9-25-27(24)35-20-19-34-25/h1-3,6-10,12,21H,4-5,11,13-20H2. The van der Waals surface area contributed by atoms with Crippen LogP contribution >= 0.6 is 0 Å². The highest BCUT2D eigenvalue weighted by Crippen LogP contribution is 2.40. The normalized spacial score (nSPS) is 21.2. The minimum absolute atomic E-state index is 0.0339. The maximum atomic E-state index is 13.7. The van der Waals surface area contributed by atoms with E-state index < -0.39 is 10.0 Å². The van der Waals surface area contributed by atoms with Gasteiger partial charge in [-0.15, -0.1) is 0 Å². The maximum absolute atomic E-state index is 13.7. The molecule has 3 aliphatic rings. The van der Waals surface area contributed by atoms with Gasteiger partial charge in [0.25, 0.3) is 0 Å². The van der Waals surface area contributed by atoms with Crippen LogP contribution in [0.1, 0.15) is 19.3 Å². The third-order valence-corrected chi connectivity index (χ3v) is 9.56. The van der Waals surface area contributed by atoms with E-state index in [1.807, 2.05) is 24.3 Å². The van der Waals surface area contributed by atoms with Gasteiger partial charge in [-0.25, -0.2) is 8.42 Å². The van der Waals surface area contributed by atoms with Gasteiger partial charge >= 0.3 is 0 Å². The Labute approximate surface area is 212 Å². The molecule has 1 unspecified atom stereocenters. The lowest BCUT2D eigenvalue weighted by molar-refractivity contribution is 0.171. The van der Waals surface area contributed by atoms with E-state index in [4.69, 9.17) is 9.47 Å². The van der Waals surface area contributed by atoms with Gasteiger partial charge in [0.05, 0.1) is 16.1 Å². The number of rotatable bonds is 6. The lowest BCUT2D eigenvalue weighted by atomic mass is 10.1. The molecule has 0 spiro atoms. The molecule has 2 aromatic carbocycles. The van der Waals surface area contributed by atoms with E-state index in [1.165, 1.54) is 0 Å². The number of aromatic nitrogens is 1. The molecule has 36 heavy (non-hydrogen) atoms. The number of pyridine rings is 1. The van der Waals surface area contributed by atoms with Crippen LogP contribution in [0.2, 0.25) is 0 Å². The number of benzene rings is 2. The summed E-state index contributed by atoms with van der Waals surface area (Å²) < 4.78 is 40.8. The highest BCUT2D eigenvalue weighted by Gasteiger charge is 2.36. The zero-order chi connectivity index (χ0) is 24.5. The molecule has 9 heteroatoms. The molecule has 8 nitrogen and oxygen atoms in total. The minimum atomic E-state index is -3.58. The lowest BCUT2D eigenvalue weighted by Gasteiger charge is -2.38. The molecule has 3 aromatic rings. The maximum Gasteiger partial charge on any atom is 0.243 e. The van der Waals surface area contributed by atoms with Gasteiger partial charge in [-0.3, -0.25) is 9.88 Å². The molecule has 2 fully saturated rings. The van der Waals surface area contributed by atoms with Crippen LogP contribution in [0.5, 0.6) is 11.5 Å². The smallest absolute Gasteiger partial charge is 0.243 e. The largest absolute Gasteiger partial charge is 0.486 e. The SMILES string of the molecule is O=S(=O)(c1cccc2ncccc12)N1CCCC1CCN1CCN(c2cccc3c2OCCO3)CC1. The molecule has 0 amide bonds. The Kier molecular flexibility index (Phi) is 6.45. The predicted octanol–water partition coefficient (Wildman–Crippen LogP) is 3.37. The Morgan fingerprint density at radius 2 is 1.75 bits per heavy atom. The van der Waals surface area contributed by atoms with E-state index >= 15 is 0 Å². The number of anilines is 1. The van der Waals surface area contributed by atoms with Crippen molar-refractivity contribution in [2.45, 2.75) is 30.2 Å². The number of ether oxygens (including phenoxy) is 2. The number of piperazine rings is 1. The van der Waals surface area contributed by atoms with Gasteiger partial charge < -0.3 is 14.4 Å². The summed E-state index contributed by atoms with van der Waals surface area (Å²) in [7, 11) is -3.58. The molecule has 190 valence electrons. The molecule has 1 atom stereocenters. The number of hydrogen-bond donors (Lipinski definition) is 0. The second-order valence-electron chi connectivity index (χ2n) is 9.66. The van der Waals surface area contributed by atoms with Gasteiger partial charge in [0.2, 0.25) is 10.0 Å². The molecule has 4 heterocycles. The summed E-state index contributed by atoms with van der Waals surface area (Å²) in [5.41, 5.74) is 1.81. The van der Waals surface area contributed by atoms with Crippen LogP contribution in [0.3, 0.4) is 0 Å². The zero-order valence-electron chi connectivity index (χ0n) is 20.4. The highest BCUT2D eigenvalue weighted by atomic mass is 32.2. The summed E-state index contributed by atoms with van der Waals surface area (Å²) in [6.45, 7) is 6.37. The summed E-state index contributed by atoms with van der Waals surface area (Å²) in [4.78, 5) is 9.53. The topological polar surface area (TPSA) is 75.2 Å². The fraction of sp³-hybridized carbons (Fsp3) is 0.444. The fourth-order valence-electron chi connectivity index (χ4n) is 5.69. The first-order chi connectivity index (χ1) is 17.6. The molecule has 6 rings (SSSR count). The van der Waals surface area contributed by atoms with Crippen molar-refractivity contribution in [2.24, 2.45) is 0 Å². The van der Waals surface area contributed by atoms with Crippen LogP contribution in [-0.4, -0.2) is 81.1 Å². The quantitative estimate of drug-likeness (QED) is 0.505. The van der Waals surface area contributed by atoms with Crippen molar-refractivity contribution in [3.63, 3.8) is 0 Å². The first kappa shape index (κ1) is 23.5. The van der Waals surface area contributed by atoms with E-state index in [0.29, 0.717) is 35.6 Å². The van der Waals surface area contributed by atoms with Crippen molar-refractivity contribution in [1.29, 1.82) is 0 Å². The van der Waals surface area contributed by atoms with Crippen molar-refractivity contribution in [3.8, 4) is 11.5 Å². The van der Waals surface area contributed by atoms with Gasteiger partial charge in [0.1, 0.15) is 13.2 Å². The van der Waals surface area contributed by atoms with Crippen LogP contribution < -0.4 is 14.4 Å². The number of sulfonamides is 1. The second-order valence-corrected chi connectivity index (χ2v) is 11.5. The van der Waals surface area contributed by atoms with E-state index in [2.05, 4.69) is 20.9 Å². The number of hydrogen-bond acceptors (Lipinski definition) is 7. The average molecular weight is 509 g/mol. The van der Waals surface area contributed by atoms with Gasteiger partial charge in [0.15, 0.2) is 11.5 Å². The first-order valence-electron chi connectivity index (χ1n) is 12.8. The second kappa shape index (κ2) is 9.88. The molecule has 0 N–H and O–H groups in total. The van der Waals surface area contributed by atoms with Crippen LogP contribution in [0.15, 0.2) is 59.6 Å². The third-order valence-electron chi connectivity index (χ3n) is 7.55. The van der Waals surface area contributed by atoms with Gasteiger partial charge in [0, 0.05) is 50.3 Å². The zero-order valence-corrected chi connectivity index (χ0v) is 21.2. The summed E-state index contributed by atoms with van der Waals surface area (Å²) >= 11 is 0. The molecule has 3 aliphatic heterocycles. The van der Waals surface area contributed by atoms with E-state index in [9.17, 15) is 8.42 Å². The summed E-state index contributed by atoms with van der Waals surface area (Å²) in [6.07, 6.45) is 4.36. The van der Waals surface area contributed by atoms with Crippen LogP contribution in [0, 0.1) is 0 Å². The number of nitrogens with zero attached hydrogens (tertiary/aromatic N) is 4. The molecule has 2 saturated heterocycles. The van der Waals surface area contributed by atoms with Crippen molar-refractivity contribution in [2.75, 3.05) is 57.4 Å². The van der Waals surface area contributed by atoms with E-state index in [-0.39, 0.29) is 6.04 Å². The number of fused-ring (bicyclic) bond motifs is 2. The third kappa shape index (κ3) is 4.40. The van der Waals surface area contributed by atoms with Crippen LogP contribution in [0.25, 0.3) is 10.9 Å². The Morgan fingerprint density at radius 1 is 0.917 bits per heavy atom. The Hall–Kier alpha value is -2.88. The molecule has 0 aliphatic carbocycles. The van der Waals surface area contributed by atoms with Crippen molar-refractivity contribution < 1.29 is 17.9 Å². The van der Waals surface area contributed by atoms with Gasteiger partial charge in [-0.1, -0.05) is 12.1 Å². The molecule has 0 radical (unpaired) electrons. The Bertz CT molecular complexity index is 1340. The van der Waals surface area contributed by atoms with E-state index in [0.717, 1.165) is 69.2 Å². The van der Waals surface area contributed by atoms with Crippen LogP contribution in [0.4, 0.5) is 5.69 Å². The summed E-state index contributed by atoms with van der Waals surface area (Å²) in [5, 5.41) is 0.694. The fourth-order valence-corrected chi connectivity index (χ4v) is 7.62. The molecule has 0 bridgehead atoms. The minimum Gasteiger partial charge on any atom is -0.486 e. The van der Waals surface area contributed by atoms with Crippen molar-refractivity contribution in [1.82, 2.24) is 14.2 Å². The average Bonchev–Trinajstić information content (AvgIpc) is 3.41. The lowest BCUT2D eigenvalue weighted by Crippen LogP contribution is -2.48.